The van der Waals surface area contributed by atoms with Crippen molar-refractivity contribution in [1.29, 1.82) is 0 Å². The van der Waals surface area contributed by atoms with Crippen LogP contribution in [-0.2, 0) is 10.2 Å². The third-order valence-corrected chi connectivity index (χ3v) is 3.00. The number of hydrogen-bond donors (Lipinski definition) is 2. The van der Waals surface area contributed by atoms with E-state index in [9.17, 15) is 4.79 Å². The van der Waals surface area contributed by atoms with Crippen molar-refractivity contribution >= 4 is 11.7 Å². The minimum atomic E-state index is -1.10. The number of hydrogen-bond acceptors (Lipinski definition) is 5. The molecule has 2 rings (SSSR count). The molecule has 0 aliphatic heterocycles. The molecule has 100 valence electrons. The Morgan fingerprint density at radius 3 is 2.79 bits per heavy atom. The Hall–Kier alpha value is -2.44. The molecule has 0 atom stereocenters. The number of nitrogens with two attached hydrogens (primary N) is 1. The molecule has 0 aliphatic carbocycles. The van der Waals surface area contributed by atoms with Crippen molar-refractivity contribution in [2.24, 2.45) is 0 Å². The Morgan fingerprint density at radius 2 is 2.16 bits per heavy atom. The molecule has 0 bridgehead atoms. The van der Waals surface area contributed by atoms with E-state index in [0.717, 1.165) is 5.69 Å². The molecule has 2 aromatic heterocycles. The van der Waals surface area contributed by atoms with Gasteiger partial charge in [-0.3, -0.25) is 9.78 Å². The van der Waals surface area contributed by atoms with Crippen molar-refractivity contribution < 1.29 is 9.90 Å². The molecule has 19 heavy (non-hydrogen) atoms. The fourth-order valence-electron chi connectivity index (χ4n) is 1.55. The first kappa shape index (κ1) is 13.0. The number of aryl methyl sites for hydroxylation is 1. The van der Waals surface area contributed by atoms with Crippen LogP contribution in [0.1, 0.15) is 25.2 Å². The van der Waals surface area contributed by atoms with Crippen LogP contribution in [0.4, 0.5) is 5.69 Å². The van der Waals surface area contributed by atoms with E-state index >= 15 is 0 Å². The summed E-state index contributed by atoms with van der Waals surface area (Å²) in [4.78, 5) is 15.3. The summed E-state index contributed by atoms with van der Waals surface area (Å²) in [6.07, 6.45) is 3.13. The van der Waals surface area contributed by atoms with Crippen molar-refractivity contribution in [1.82, 2.24) is 20.0 Å². The molecule has 7 heteroatoms. The van der Waals surface area contributed by atoms with Crippen molar-refractivity contribution in [2.75, 3.05) is 5.73 Å². The Labute approximate surface area is 110 Å². The number of carbonyl (C=O) groups is 1. The number of carboxylic acids is 1. The number of nitrogen functional groups attached to an aromatic ring is 1. The number of anilines is 1. The Balaban J connectivity index is 2.47. The third kappa shape index (κ3) is 2.26. The smallest absolute Gasteiger partial charge is 0.315 e. The Kier molecular flexibility index (Phi) is 2.97. The highest BCUT2D eigenvalue weighted by molar-refractivity contribution is 5.79. The van der Waals surface area contributed by atoms with Gasteiger partial charge in [0.15, 0.2) is 0 Å². The molecule has 2 heterocycles. The second kappa shape index (κ2) is 4.34. The maximum atomic E-state index is 11.2. The maximum absolute atomic E-state index is 11.2. The second-order valence-electron chi connectivity index (χ2n) is 4.85. The van der Waals surface area contributed by atoms with Crippen LogP contribution in [-0.4, -0.2) is 31.1 Å². The molecule has 0 spiro atoms. The van der Waals surface area contributed by atoms with Gasteiger partial charge < -0.3 is 10.8 Å². The molecule has 0 saturated heterocycles. The van der Waals surface area contributed by atoms with Gasteiger partial charge in [-0.15, -0.1) is 5.10 Å². The zero-order valence-corrected chi connectivity index (χ0v) is 11.0. The van der Waals surface area contributed by atoms with Crippen molar-refractivity contribution in [3.63, 3.8) is 0 Å². The van der Waals surface area contributed by atoms with Crippen molar-refractivity contribution in [3.8, 4) is 5.69 Å². The molecule has 0 radical (unpaired) electrons. The number of carboxylic acid groups (broad SMARTS) is 1. The van der Waals surface area contributed by atoms with Gasteiger partial charge >= 0.3 is 5.97 Å². The average Bonchev–Trinajstić information content (AvgIpc) is 2.82. The summed E-state index contributed by atoms with van der Waals surface area (Å²) in [6, 6.07) is 1.72. The molecular weight excluding hydrogens is 246 g/mol. The number of pyridine rings is 1. The first-order valence-corrected chi connectivity index (χ1v) is 5.71. The van der Waals surface area contributed by atoms with Gasteiger partial charge in [0.05, 0.1) is 35.2 Å². The monoisotopic (exact) mass is 261 g/mol. The zero-order chi connectivity index (χ0) is 14.2. The molecule has 3 N–H and O–H groups in total. The summed E-state index contributed by atoms with van der Waals surface area (Å²) in [5, 5.41) is 17.0. The summed E-state index contributed by atoms with van der Waals surface area (Å²) in [5.41, 5.74) is 6.89. The molecule has 0 amide bonds. The average molecular weight is 261 g/mol. The van der Waals surface area contributed by atoms with E-state index in [4.69, 9.17) is 10.8 Å². The van der Waals surface area contributed by atoms with Gasteiger partial charge in [-0.1, -0.05) is 5.21 Å². The van der Waals surface area contributed by atoms with Crippen LogP contribution in [0.5, 0.6) is 0 Å². The quantitative estimate of drug-likeness (QED) is 0.850. The van der Waals surface area contributed by atoms with Crippen LogP contribution in [0, 0.1) is 6.92 Å². The molecule has 0 saturated carbocycles. The van der Waals surface area contributed by atoms with Gasteiger partial charge in [-0.25, -0.2) is 4.68 Å². The fourth-order valence-corrected chi connectivity index (χ4v) is 1.55. The van der Waals surface area contributed by atoms with Crippen molar-refractivity contribution in [3.05, 3.63) is 29.8 Å². The highest BCUT2D eigenvalue weighted by Gasteiger charge is 2.32. The summed E-state index contributed by atoms with van der Waals surface area (Å²) in [6.45, 7) is 4.97. The first-order valence-electron chi connectivity index (χ1n) is 5.71. The second-order valence-corrected chi connectivity index (χ2v) is 4.85. The Morgan fingerprint density at radius 1 is 1.47 bits per heavy atom. The lowest BCUT2D eigenvalue weighted by atomic mass is 9.90. The standard InChI is InChI=1S/C12H15N5O2/c1-7-9(4-8(13)5-14-7)17-6-10(15-16-17)12(2,3)11(18)19/h4-6H,13H2,1-3H3,(H,18,19). The van der Waals surface area contributed by atoms with E-state index in [1.807, 2.05) is 6.92 Å². The van der Waals surface area contributed by atoms with Gasteiger partial charge in [0.1, 0.15) is 5.41 Å². The van der Waals surface area contributed by atoms with E-state index in [1.165, 1.54) is 4.68 Å². The lowest BCUT2D eigenvalue weighted by molar-refractivity contribution is -0.142. The highest BCUT2D eigenvalue weighted by atomic mass is 16.4. The van der Waals surface area contributed by atoms with Crippen LogP contribution in [0.15, 0.2) is 18.5 Å². The minimum absolute atomic E-state index is 0.377. The fraction of sp³-hybridized carbons (Fsp3) is 0.333. The summed E-state index contributed by atoms with van der Waals surface area (Å²) >= 11 is 0. The summed E-state index contributed by atoms with van der Waals surface area (Å²) in [7, 11) is 0. The summed E-state index contributed by atoms with van der Waals surface area (Å²) < 4.78 is 1.48. The minimum Gasteiger partial charge on any atom is -0.481 e. The number of aromatic nitrogens is 4. The molecule has 0 aliphatic rings. The van der Waals surface area contributed by atoms with Gasteiger partial charge in [0.2, 0.25) is 0 Å². The first-order chi connectivity index (χ1) is 8.82. The van der Waals surface area contributed by atoms with Crippen LogP contribution in [0.3, 0.4) is 0 Å². The number of nitrogens with zero attached hydrogens (tertiary/aromatic N) is 4. The summed E-state index contributed by atoms with van der Waals surface area (Å²) in [5.74, 6) is -0.957. The maximum Gasteiger partial charge on any atom is 0.315 e. The van der Waals surface area contributed by atoms with Gasteiger partial charge in [0.25, 0.3) is 0 Å². The van der Waals surface area contributed by atoms with Crippen LogP contribution in [0.25, 0.3) is 5.69 Å². The number of rotatable bonds is 3. The topological polar surface area (TPSA) is 107 Å². The molecule has 0 fully saturated rings. The van der Waals surface area contributed by atoms with Crippen LogP contribution < -0.4 is 5.73 Å². The van der Waals surface area contributed by atoms with E-state index < -0.39 is 11.4 Å². The molecule has 2 aromatic rings. The normalized spacial score (nSPS) is 11.5. The van der Waals surface area contributed by atoms with E-state index in [-0.39, 0.29) is 0 Å². The van der Waals surface area contributed by atoms with Crippen molar-refractivity contribution in [2.45, 2.75) is 26.2 Å². The zero-order valence-electron chi connectivity index (χ0n) is 11.0. The Bertz CT molecular complexity index is 633. The van der Waals surface area contributed by atoms with Gasteiger partial charge in [-0.2, -0.15) is 0 Å². The lowest BCUT2D eigenvalue weighted by Crippen LogP contribution is -2.28. The third-order valence-electron chi connectivity index (χ3n) is 3.00. The van der Waals surface area contributed by atoms with E-state index in [1.54, 1.807) is 32.3 Å². The van der Waals surface area contributed by atoms with E-state index in [0.29, 0.717) is 17.1 Å². The predicted molar refractivity (Wildman–Crippen MR) is 69.0 cm³/mol. The molecule has 7 nitrogen and oxygen atoms in total. The van der Waals surface area contributed by atoms with Crippen LogP contribution >= 0.6 is 0 Å². The number of aliphatic carboxylic acids is 1. The van der Waals surface area contributed by atoms with E-state index in [2.05, 4.69) is 15.3 Å². The SMILES string of the molecule is Cc1ncc(N)cc1-n1cc(C(C)(C)C(=O)O)nn1. The lowest BCUT2D eigenvalue weighted by Gasteiger charge is -2.14. The largest absolute Gasteiger partial charge is 0.481 e. The van der Waals surface area contributed by atoms with Gasteiger partial charge in [0, 0.05) is 0 Å². The van der Waals surface area contributed by atoms with Gasteiger partial charge in [-0.05, 0) is 26.8 Å². The van der Waals surface area contributed by atoms with Crippen LogP contribution in [0.2, 0.25) is 0 Å². The molecule has 0 unspecified atom stereocenters. The molecule has 0 aromatic carbocycles. The molecular formula is C12H15N5O2. The predicted octanol–water partition coefficient (Wildman–Crippen LogP) is 0.915. The highest BCUT2D eigenvalue weighted by Crippen LogP contribution is 2.22.